The second-order valence-electron chi connectivity index (χ2n) is 3.40. The summed E-state index contributed by atoms with van der Waals surface area (Å²) in [7, 11) is 0. The van der Waals surface area contributed by atoms with Gasteiger partial charge in [-0.2, -0.15) is 0 Å². The molecule has 0 bridgehead atoms. The summed E-state index contributed by atoms with van der Waals surface area (Å²) in [5.41, 5.74) is 1.05. The van der Waals surface area contributed by atoms with Gasteiger partial charge >= 0.3 is 0 Å². The van der Waals surface area contributed by atoms with Crippen LogP contribution in [0.3, 0.4) is 0 Å². The minimum absolute atomic E-state index is 0.205. The van der Waals surface area contributed by atoms with Crippen LogP contribution in [0.2, 0.25) is 0 Å². The van der Waals surface area contributed by atoms with Crippen LogP contribution in [0.4, 0.5) is 8.78 Å². The van der Waals surface area contributed by atoms with Gasteiger partial charge in [-0.05, 0) is 6.07 Å². The molecule has 4 heteroatoms. The molecule has 1 N–H and O–H groups in total. The highest BCUT2D eigenvalue weighted by Gasteiger charge is 2.27. The molecule has 0 atom stereocenters. The maximum absolute atomic E-state index is 12.8. The van der Waals surface area contributed by atoms with Crippen molar-refractivity contribution in [3.05, 3.63) is 24.0 Å². The number of pyridine rings is 1. The maximum atomic E-state index is 12.8. The summed E-state index contributed by atoms with van der Waals surface area (Å²) in [5.74, 6) is -2.30. The number of H-pyrrole nitrogens is 1. The lowest BCUT2D eigenvalue weighted by Gasteiger charge is -2.13. The van der Waals surface area contributed by atoms with Gasteiger partial charge < -0.3 is 4.74 Å². The highest BCUT2D eigenvalue weighted by Crippen LogP contribution is 2.19. The van der Waals surface area contributed by atoms with E-state index in [0.717, 1.165) is 12.1 Å². The molecule has 0 saturated carbocycles. The minimum atomic E-state index is -2.75. The second kappa shape index (κ2) is 5.05. The average Bonchev–Trinajstić information content (AvgIpc) is 2.27. The first kappa shape index (κ1) is 11.9. The van der Waals surface area contributed by atoms with Crippen molar-refractivity contribution < 1.29 is 18.5 Å². The van der Waals surface area contributed by atoms with Crippen LogP contribution in [-0.2, 0) is 6.42 Å². The largest absolute Gasteiger partial charge is 0.481 e. The Morgan fingerprint density at radius 3 is 2.53 bits per heavy atom. The van der Waals surface area contributed by atoms with Gasteiger partial charge in [0.1, 0.15) is 0 Å². The molecule has 0 aromatic carbocycles. The van der Waals surface area contributed by atoms with E-state index in [9.17, 15) is 8.78 Å². The van der Waals surface area contributed by atoms with Crippen molar-refractivity contribution in [3.8, 4) is 5.75 Å². The molecule has 2 nitrogen and oxygen atoms in total. The monoisotopic (exact) mass is 216 g/mol. The summed E-state index contributed by atoms with van der Waals surface area (Å²) in [6.07, 6.45) is 2.28. The van der Waals surface area contributed by atoms with Gasteiger partial charge in [-0.1, -0.05) is 13.8 Å². The maximum Gasteiger partial charge on any atom is 0.281 e. The second-order valence-corrected chi connectivity index (χ2v) is 3.40. The van der Waals surface area contributed by atoms with Crippen LogP contribution in [0.25, 0.3) is 0 Å². The molecular formula is C11H16F2NO+. The Morgan fingerprint density at radius 2 is 2.07 bits per heavy atom. The van der Waals surface area contributed by atoms with Crippen molar-refractivity contribution in [1.82, 2.24) is 0 Å². The van der Waals surface area contributed by atoms with Crippen LogP contribution in [0, 0.1) is 0 Å². The van der Waals surface area contributed by atoms with Gasteiger partial charge in [-0.15, -0.1) is 0 Å². The van der Waals surface area contributed by atoms with Gasteiger partial charge in [0.15, 0.2) is 18.1 Å². The third-order valence-electron chi connectivity index (χ3n) is 2.20. The van der Waals surface area contributed by atoms with Crippen molar-refractivity contribution in [3.63, 3.8) is 0 Å². The fourth-order valence-electron chi connectivity index (χ4n) is 1.04. The van der Waals surface area contributed by atoms with Gasteiger partial charge in [0.05, 0.1) is 0 Å². The van der Waals surface area contributed by atoms with Crippen LogP contribution < -0.4 is 9.72 Å². The normalized spacial score (nSPS) is 11.5. The van der Waals surface area contributed by atoms with Crippen LogP contribution >= 0.6 is 0 Å². The van der Waals surface area contributed by atoms with Gasteiger partial charge in [0.2, 0.25) is 6.20 Å². The highest BCUT2D eigenvalue weighted by molar-refractivity contribution is 5.15. The molecule has 1 aromatic heterocycles. The number of nitrogens with one attached hydrogen (secondary N) is 1. The van der Waals surface area contributed by atoms with Crippen LogP contribution in [0.5, 0.6) is 5.75 Å². The Bertz CT molecular complexity index is 298. The van der Waals surface area contributed by atoms with Crippen molar-refractivity contribution in [1.29, 1.82) is 0 Å². The quantitative estimate of drug-likeness (QED) is 0.741. The molecule has 0 radical (unpaired) electrons. The van der Waals surface area contributed by atoms with Crippen molar-refractivity contribution in [2.45, 2.75) is 32.6 Å². The van der Waals surface area contributed by atoms with Crippen LogP contribution in [0.15, 0.2) is 18.3 Å². The zero-order valence-electron chi connectivity index (χ0n) is 9.02. The first-order chi connectivity index (χ1) is 7.07. The van der Waals surface area contributed by atoms with Crippen LogP contribution in [-0.4, -0.2) is 12.5 Å². The van der Waals surface area contributed by atoms with E-state index in [2.05, 4.69) is 4.98 Å². The van der Waals surface area contributed by atoms with Crippen molar-refractivity contribution in [2.24, 2.45) is 0 Å². The minimum Gasteiger partial charge on any atom is -0.481 e. The molecule has 84 valence electrons. The molecule has 0 aliphatic heterocycles. The van der Waals surface area contributed by atoms with Gasteiger partial charge in [-0.25, -0.2) is 13.8 Å². The number of hydrogen-bond donors (Lipinski definition) is 0. The third kappa shape index (κ3) is 3.81. The fraction of sp³-hybridized carbons (Fsp3) is 0.545. The topological polar surface area (TPSA) is 23.4 Å². The smallest absolute Gasteiger partial charge is 0.281 e. The third-order valence-corrected chi connectivity index (χ3v) is 2.20. The molecule has 0 saturated heterocycles. The molecular weight excluding hydrogens is 200 g/mol. The Morgan fingerprint density at radius 1 is 1.33 bits per heavy atom. The van der Waals surface area contributed by atoms with E-state index < -0.39 is 12.5 Å². The molecule has 0 aliphatic rings. The van der Waals surface area contributed by atoms with E-state index in [-0.39, 0.29) is 6.42 Å². The van der Waals surface area contributed by atoms with Crippen molar-refractivity contribution >= 4 is 0 Å². The number of hydrogen-bond acceptors (Lipinski definition) is 1. The van der Waals surface area contributed by atoms with Gasteiger partial charge in [-0.3, -0.25) is 0 Å². The summed E-state index contributed by atoms with van der Waals surface area (Å²) < 4.78 is 30.7. The molecule has 1 rings (SSSR count). The molecule has 0 spiro atoms. The number of aromatic amines is 1. The number of halogens is 2. The average molecular weight is 216 g/mol. The molecule has 0 amide bonds. The number of rotatable bonds is 5. The van der Waals surface area contributed by atoms with Crippen LogP contribution in [0.1, 0.15) is 26.0 Å². The van der Waals surface area contributed by atoms with E-state index in [1.54, 1.807) is 12.3 Å². The number of alkyl halides is 2. The molecule has 0 fully saturated rings. The van der Waals surface area contributed by atoms with Gasteiger partial charge in [0.25, 0.3) is 5.92 Å². The summed E-state index contributed by atoms with van der Waals surface area (Å²) in [4.78, 5) is 2.97. The Labute approximate surface area is 88.3 Å². The van der Waals surface area contributed by atoms with E-state index >= 15 is 0 Å². The first-order valence-electron chi connectivity index (χ1n) is 5.08. The van der Waals surface area contributed by atoms with E-state index in [1.165, 1.54) is 6.92 Å². The zero-order valence-corrected chi connectivity index (χ0v) is 9.02. The summed E-state index contributed by atoms with van der Waals surface area (Å²) >= 11 is 0. The number of aromatic nitrogens is 1. The molecule has 1 heterocycles. The standard InChI is InChI=1S/C11H15F2NO/c1-3-9-5-6-10(7-14-9)15-8-11(12,13)4-2/h5-7H,3-4,8H2,1-2H3/p+1. The summed E-state index contributed by atoms with van der Waals surface area (Å²) in [6, 6.07) is 3.53. The Hall–Kier alpha value is -1.19. The number of aryl methyl sites for hydroxylation is 1. The van der Waals surface area contributed by atoms with Gasteiger partial charge in [0, 0.05) is 18.9 Å². The molecule has 15 heavy (non-hydrogen) atoms. The van der Waals surface area contributed by atoms with E-state index in [1.807, 2.05) is 13.0 Å². The predicted octanol–water partition coefficient (Wildman–Crippen LogP) is 2.49. The summed E-state index contributed by atoms with van der Waals surface area (Å²) in [5, 5.41) is 0. The first-order valence-corrected chi connectivity index (χ1v) is 5.08. The van der Waals surface area contributed by atoms with Crippen molar-refractivity contribution in [2.75, 3.05) is 6.61 Å². The molecule has 1 aromatic rings. The number of ether oxygens (including phenoxy) is 1. The Kier molecular flexibility index (Phi) is 4.00. The highest BCUT2D eigenvalue weighted by atomic mass is 19.3. The molecule has 0 unspecified atom stereocenters. The fourth-order valence-corrected chi connectivity index (χ4v) is 1.04. The Balaban J connectivity index is 2.51. The summed E-state index contributed by atoms with van der Waals surface area (Å²) in [6.45, 7) is 2.88. The molecule has 0 aliphatic carbocycles. The van der Waals surface area contributed by atoms with E-state index in [0.29, 0.717) is 5.75 Å². The van der Waals surface area contributed by atoms with E-state index in [4.69, 9.17) is 4.74 Å². The zero-order chi connectivity index (χ0) is 11.3. The SMILES string of the molecule is CCc1ccc(OCC(F)(F)CC)c[nH+]1. The predicted molar refractivity (Wildman–Crippen MR) is 53.1 cm³/mol. The lowest BCUT2D eigenvalue weighted by Crippen LogP contribution is -2.24. The lowest BCUT2D eigenvalue weighted by molar-refractivity contribution is -0.391. The lowest BCUT2D eigenvalue weighted by atomic mass is 10.3.